The molecule has 1 aliphatic rings. The van der Waals surface area contributed by atoms with Crippen LogP contribution < -0.4 is 5.73 Å². The van der Waals surface area contributed by atoms with E-state index in [1.807, 2.05) is 17.5 Å². The summed E-state index contributed by atoms with van der Waals surface area (Å²) in [5.41, 5.74) is 5.52. The molecule has 0 aromatic carbocycles. The number of morpholine rings is 1. The molecule has 1 aromatic heterocycles. The molecule has 1 aliphatic heterocycles. The summed E-state index contributed by atoms with van der Waals surface area (Å²) in [6.45, 7) is 1.60. The molecule has 2 rings (SSSR count). The fourth-order valence-corrected chi connectivity index (χ4v) is 4.22. The molecule has 1 unspecified atom stereocenters. The van der Waals surface area contributed by atoms with Crippen molar-refractivity contribution in [1.29, 1.82) is 0 Å². The third kappa shape index (κ3) is 3.52. The van der Waals surface area contributed by atoms with Crippen molar-refractivity contribution in [2.45, 2.75) is 12.5 Å². The monoisotopic (exact) mass is 290 g/mol. The van der Waals surface area contributed by atoms with Gasteiger partial charge >= 0.3 is 0 Å². The van der Waals surface area contributed by atoms with Crippen LogP contribution in [-0.4, -0.2) is 50.8 Å². The lowest BCUT2D eigenvalue weighted by Gasteiger charge is -2.31. The van der Waals surface area contributed by atoms with Gasteiger partial charge in [-0.05, 0) is 17.9 Å². The van der Waals surface area contributed by atoms with E-state index >= 15 is 0 Å². The average molecular weight is 290 g/mol. The van der Waals surface area contributed by atoms with E-state index in [0.717, 1.165) is 4.88 Å². The maximum Gasteiger partial charge on any atom is 0.214 e. The third-order valence-corrected chi connectivity index (χ3v) is 5.72. The Hall–Kier alpha value is -0.470. The maximum absolute atomic E-state index is 12.2. The van der Waals surface area contributed by atoms with Crippen molar-refractivity contribution in [2.75, 3.05) is 32.0 Å². The van der Waals surface area contributed by atoms with Gasteiger partial charge in [-0.25, -0.2) is 8.42 Å². The molecule has 7 heteroatoms. The predicted octanol–water partition coefficient (Wildman–Crippen LogP) is 0.280. The predicted molar refractivity (Wildman–Crippen MR) is 72.2 cm³/mol. The Balaban J connectivity index is 1.93. The minimum absolute atomic E-state index is 0.158. The Morgan fingerprint density at radius 3 is 3.06 bits per heavy atom. The number of hydrogen-bond donors (Lipinski definition) is 1. The number of hydrogen-bond acceptors (Lipinski definition) is 5. The van der Waals surface area contributed by atoms with Crippen LogP contribution in [0.4, 0.5) is 0 Å². The highest BCUT2D eigenvalue weighted by Crippen LogP contribution is 2.14. The van der Waals surface area contributed by atoms with Crippen LogP contribution in [0.1, 0.15) is 4.88 Å². The van der Waals surface area contributed by atoms with E-state index < -0.39 is 10.0 Å². The van der Waals surface area contributed by atoms with Gasteiger partial charge in [0, 0.05) is 24.5 Å². The molecule has 0 saturated carbocycles. The molecule has 5 nitrogen and oxygen atoms in total. The van der Waals surface area contributed by atoms with Crippen molar-refractivity contribution in [3.8, 4) is 0 Å². The number of thiophene rings is 1. The van der Waals surface area contributed by atoms with Gasteiger partial charge in [-0.3, -0.25) is 0 Å². The average Bonchev–Trinajstić information content (AvgIpc) is 2.90. The van der Waals surface area contributed by atoms with E-state index in [1.54, 1.807) is 11.3 Å². The topological polar surface area (TPSA) is 72.6 Å². The molecule has 1 atom stereocenters. The first-order valence-corrected chi connectivity index (χ1v) is 8.42. The van der Waals surface area contributed by atoms with Crippen LogP contribution in [-0.2, 0) is 21.2 Å². The number of aryl methyl sites for hydroxylation is 1. The van der Waals surface area contributed by atoms with Gasteiger partial charge in [0.2, 0.25) is 10.0 Å². The molecule has 1 fully saturated rings. The van der Waals surface area contributed by atoms with E-state index in [-0.39, 0.29) is 11.9 Å². The molecule has 0 bridgehead atoms. The second-order valence-electron chi connectivity index (χ2n) is 4.23. The molecule has 102 valence electrons. The molecule has 0 spiro atoms. The fourth-order valence-electron chi connectivity index (χ4n) is 1.90. The van der Waals surface area contributed by atoms with Crippen LogP contribution >= 0.6 is 11.3 Å². The maximum atomic E-state index is 12.2. The molecule has 1 aromatic rings. The highest BCUT2D eigenvalue weighted by Gasteiger charge is 2.28. The Bertz CT molecular complexity index is 459. The second-order valence-corrected chi connectivity index (χ2v) is 7.35. The molecule has 2 heterocycles. The molecule has 0 aliphatic carbocycles. The number of sulfonamides is 1. The summed E-state index contributed by atoms with van der Waals surface area (Å²) in [5.74, 6) is 0.158. The summed E-state index contributed by atoms with van der Waals surface area (Å²) in [4.78, 5) is 1.10. The fraction of sp³-hybridized carbons (Fsp3) is 0.636. The van der Waals surface area contributed by atoms with E-state index in [2.05, 4.69) is 0 Å². The Kier molecular flexibility index (Phi) is 4.74. The minimum atomic E-state index is -3.20. The summed E-state index contributed by atoms with van der Waals surface area (Å²) >= 11 is 1.59. The van der Waals surface area contributed by atoms with Crippen molar-refractivity contribution in [3.63, 3.8) is 0 Å². The summed E-state index contributed by atoms with van der Waals surface area (Å²) < 4.78 is 31.2. The van der Waals surface area contributed by atoms with Gasteiger partial charge in [0.05, 0.1) is 18.5 Å². The third-order valence-electron chi connectivity index (χ3n) is 2.94. The quantitative estimate of drug-likeness (QED) is 0.845. The largest absolute Gasteiger partial charge is 0.374 e. The molecule has 18 heavy (non-hydrogen) atoms. The van der Waals surface area contributed by atoms with Gasteiger partial charge < -0.3 is 10.5 Å². The Labute approximate surface area is 112 Å². The number of nitrogens with two attached hydrogens (primary N) is 1. The lowest BCUT2D eigenvalue weighted by molar-refractivity contribution is 0.00453. The molecular weight excluding hydrogens is 272 g/mol. The highest BCUT2D eigenvalue weighted by atomic mass is 32.2. The van der Waals surface area contributed by atoms with E-state index in [4.69, 9.17) is 10.5 Å². The lowest BCUT2D eigenvalue weighted by atomic mass is 10.3. The van der Waals surface area contributed by atoms with Gasteiger partial charge in [-0.1, -0.05) is 6.07 Å². The molecule has 2 N–H and O–H groups in total. The zero-order valence-corrected chi connectivity index (χ0v) is 11.8. The summed E-state index contributed by atoms with van der Waals surface area (Å²) in [6, 6.07) is 3.90. The molecule has 1 saturated heterocycles. The van der Waals surface area contributed by atoms with Crippen molar-refractivity contribution < 1.29 is 13.2 Å². The first-order chi connectivity index (χ1) is 8.62. The number of rotatable bonds is 5. The first-order valence-electron chi connectivity index (χ1n) is 5.93. The second kappa shape index (κ2) is 6.12. The van der Waals surface area contributed by atoms with Gasteiger partial charge in [-0.15, -0.1) is 11.3 Å². The van der Waals surface area contributed by atoms with E-state index in [1.165, 1.54) is 4.31 Å². The van der Waals surface area contributed by atoms with Crippen molar-refractivity contribution in [2.24, 2.45) is 5.73 Å². The SMILES string of the molecule is NCC1CN(S(=O)(=O)CCc2cccs2)CCO1. The van der Waals surface area contributed by atoms with Crippen molar-refractivity contribution in [1.82, 2.24) is 4.31 Å². The van der Waals surface area contributed by atoms with Gasteiger partial charge in [-0.2, -0.15) is 4.31 Å². The van der Waals surface area contributed by atoms with Gasteiger partial charge in [0.15, 0.2) is 0 Å². The molecule has 0 radical (unpaired) electrons. The summed E-state index contributed by atoms with van der Waals surface area (Å²) in [6.07, 6.45) is 0.403. The van der Waals surface area contributed by atoms with Gasteiger partial charge in [0.1, 0.15) is 0 Å². The minimum Gasteiger partial charge on any atom is -0.374 e. The van der Waals surface area contributed by atoms with Crippen molar-refractivity contribution in [3.05, 3.63) is 22.4 Å². The van der Waals surface area contributed by atoms with Crippen LogP contribution in [0.25, 0.3) is 0 Å². The van der Waals surface area contributed by atoms with Crippen LogP contribution in [0.3, 0.4) is 0 Å². The van der Waals surface area contributed by atoms with Crippen LogP contribution in [0.5, 0.6) is 0 Å². The Morgan fingerprint density at radius 1 is 1.56 bits per heavy atom. The normalized spacial score (nSPS) is 22.2. The summed E-state index contributed by atoms with van der Waals surface area (Å²) in [5, 5.41) is 1.96. The number of ether oxygens (including phenoxy) is 1. The zero-order valence-electron chi connectivity index (χ0n) is 10.1. The van der Waals surface area contributed by atoms with E-state index in [9.17, 15) is 8.42 Å². The van der Waals surface area contributed by atoms with Crippen LogP contribution in [0, 0.1) is 0 Å². The van der Waals surface area contributed by atoms with Crippen molar-refractivity contribution >= 4 is 21.4 Å². The smallest absolute Gasteiger partial charge is 0.214 e. The van der Waals surface area contributed by atoms with Crippen LogP contribution in [0.15, 0.2) is 17.5 Å². The standard InChI is InChI=1S/C11H18N2O3S2/c12-8-10-9-13(4-5-16-10)18(14,15)7-3-11-2-1-6-17-11/h1-2,6,10H,3-5,7-9,12H2. The lowest BCUT2D eigenvalue weighted by Crippen LogP contribution is -2.48. The summed E-state index contributed by atoms with van der Waals surface area (Å²) in [7, 11) is -3.20. The zero-order chi connectivity index (χ0) is 13.0. The van der Waals surface area contributed by atoms with E-state index in [0.29, 0.717) is 32.7 Å². The Morgan fingerprint density at radius 2 is 2.39 bits per heavy atom. The highest BCUT2D eigenvalue weighted by molar-refractivity contribution is 7.89. The first kappa shape index (κ1) is 14.0. The number of nitrogens with zero attached hydrogens (tertiary/aromatic N) is 1. The molecule has 0 amide bonds. The van der Waals surface area contributed by atoms with Gasteiger partial charge in [0.25, 0.3) is 0 Å². The van der Waals surface area contributed by atoms with Crippen LogP contribution in [0.2, 0.25) is 0 Å². The molecular formula is C11H18N2O3S2.